The van der Waals surface area contributed by atoms with Gasteiger partial charge in [0.25, 0.3) is 0 Å². The third-order valence-corrected chi connectivity index (χ3v) is 4.17. The molecular formula is C18H24N4O4. The van der Waals surface area contributed by atoms with E-state index in [0.29, 0.717) is 29.4 Å². The van der Waals surface area contributed by atoms with Gasteiger partial charge >= 0.3 is 6.03 Å². The lowest BCUT2D eigenvalue weighted by Crippen LogP contribution is -2.24. The molecule has 1 unspecified atom stereocenters. The molecule has 1 fully saturated rings. The molecule has 0 radical (unpaired) electrons. The zero-order chi connectivity index (χ0) is 18.4. The first-order chi connectivity index (χ1) is 12.7. The third kappa shape index (κ3) is 4.89. The maximum atomic E-state index is 12.2. The number of rotatable bonds is 6. The van der Waals surface area contributed by atoms with Crippen molar-refractivity contribution in [1.29, 1.82) is 0 Å². The van der Waals surface area contributed by atoms with E-state index in [1.165, 1.54) is 6.42 Å². The van der Waals surface area contributed by atoms with Crippen LogP contribution in [0.3, 0.4) is 0 Å². The SMILES string of the molecule is COc1cc(NC(=O)Nc2cnn(CC3CCCCO3)c2)cc(OC)c1. The third-order valence-electron chi connectivity index (χ3n) is 4.17. The second kappa shape index (κ2) is 8.57. The Bertz CT molecular complexity index is 718. The number of carbonyl (C=O) groups is 1. The van der Waals surface area contributed by atoms with Gasteiger partial charge in [0.1, 0.15) is 11.5 Å². The highest BCUT2D eigenvalue weighted by molar-refractivity contribution is 5.99. The number of ether oxygens (including phenoxy) is 3. The summed E-state index contributed by atoms with van der Waals surface area (Å²) >= 11 is 0. The Kier molecular flexibility index (Phi) is 5.96. The average Bonchev–Trinajstić information content (AvgIpc) is 3.08. The van der Waals surface area contributed by atoms with Crippen LogP contribution in [0.4, 0.5) is 16.2 Å². The molecule has 1 atom stereocenters. The number of carbonyl (C=O) groups excluding carboxylic acids is 1. The average molecular weight is 360 g/mol. The van der Waals surface area contributed by atoms with Crippen molar-refractivity contribution < 1.29 is 19.0 Å². The van der Waals surface area contributed by atoms with Gasteiger partial charge in [0.15, 0.2) is 0 Å². The topological polar surface area (TPSA) is 86.6 Å². The Morgan fingerprint density at radius 2 is 1.92 bits per heavy atom. The van der Waals surface area contributed by atoms with Crippen LogP contribution < -0.4 is 20.1 Å². The standard InChI is InChI=1S/C18H24N4O4/c1-24-16-7-13(8-17(9-16)25-2)20-18(23)21-14-10-19-22(11-14)12-15-5-3-4-6-26-15/h7-11,15H,3-6,12H2,1-2H3,(H2,20,21,23). The molecule has 2 amide bonds. The van der Waals surface area contributed by atoms with E-state index < -0.39 is 0 Å². The zero-order valence-electron chi connectivity index (χ0n) is 15.0. The fourth-order valence-corrected chi connectivity index (χ4v) is 2.86. The molecule has 1 saturated heterocycles. The van der Waals surface area contributed by atoms with Crippen LogP contribution >= 0.6 is 0 Å². The lowest BCUT2D eigenvalue weighted by Gasteiger charge is -2.22. The minimum Gasteiger partial charge on any atom is -0.497 e. The van der Waals surface area contributed by atoms with Crippen molar-refractivity contribution in [3.05, 3.63) is 30.6 Å². The van der Waals surface area contributed by atoms with E-state index in [1.54, 1.807) is 49.5 Å². The van der Waals surface area contributed by atoms with Gasteiger partial charge in [-0.1, -0.05) is 0 Å². The number of aromatic nitrogens is 2. The number of methoxy groups -OCH3 is 2. The summed E-state index contributed by atoms with van der Waals surface area (Å²) in [5.41, 5.74) is 1.19. The van der Waals surface area contributed by atoms with Crippen LogP contribution in [0.5, 0.6) is 11.5 Å². The van der Waals surface area contributed by atoms with Crippen molar-refractivity contribution in [2.75, 3.05) is 31.5 Å². The summed E-state index contributed by atoms with van der Waals surface area (Å²) in [6.45, 7) is 1.50. The second-order valence-electron chi connectivity index (χ2n) is 6.12. The summed E-state index contributed by atoms with van der Waals surface area (Å²) in [6, 6.07) is 4.80. The number of nitrogens with zero attached hydrogens (tertiary/aromatic N) is 2. The molecule has 1 aromatic carbocycles. The molecule has 1 aliphatic rings. The molecule has 8 nitrogen and oxygen atoms in total. The molecule has 1 aliphatic heterocycles. The zero-order valence-corrected chi connectivity index (χ0v) is 15.0. The largest absolute Gasteiger partial charge is 0.497 e. The van der Waals surface area contributed by atoms with Crippen molar-refractivity contribution in [2.24, 2.45) is 0 Å². The summed E-state index contributed by atoms with van der Waals surface area (Å²) < 4.78 is 17.9. The van der Waals surface area contributed by atoms with Crippen LogP contribution in [0, 0.1) is 0 Å². The molecule has 26 heavy (non-hydrogen) atoms. The van der Waals surface area contributed by atoms with Gasteiger partial charge in [-0.05, 0) is 19.3 Å². The number of urea groups is 1. The number of amides is 2. The van der Waals surface area contributed by atoms with E-state index in [2.05, 4.69) is 15.7 Å². The van der Waals surface area contributed by atoms with E-state index in [1.807, 2.05) is 0 Å². The van der Waals surface area contributed by atoms with E-state index in [9.17, 15) is 4.79 Å². The maximum absolute atomic E-state index is 12.2. The normalized spacial score (nSPS) is 16.8. The highest BCUT2D eigenvalue weighted by atomic mass is 16.5. The van der Waals surface area contributed by atoms with Crippen LogP contribution in [0.25, 0.3) is 0 Å². The van der Waals surface area contributed by atoms with Crippen molar-refractivity contribution in [2.45, 2.75) is 31.9 Å². The summed E-state index contributed by atoms with van der Waals surface area (Å²) in [5.74, 6) is 1.19. The van der Waals surface area contributed by atoms with E-state index >= 15 is 0 Å². The smallest absolute Gasteiger partial charge is 0.323 e. The second-order valence-corrected chi connectivity index (χ2v) is 6.12. The summed E-state index contributed by atoms with van der Waals surface area (Å²) in [6.07, 6.45) is 6.95. The minimum absolute atomic E-state index is 0.189. The lowest BCUT2D eigenvalue weighted by molar-refractivity contribution is 0.00401. The van der Waals surface area contributed by atoms with Crippen molar-refractivity contribution >= 4 is 17.4 Å². The van der Waals surface area contributed by atoms with Gasteiger partial charge in [-0.15, -0.1) is 0 Å². The van der Waals surface area contributed by atoms with E-state index in [-0.39, 0.29) is 12.1 Å². The molecule has 0 saturated carbocycles. The lowest BCUT2D eigenvalue weighted by atomic mass is 10.1. The predicted molar refractivity (Wildman–Crippen MR) is 98.0 cm³/mol. The van der Waals surface area contributed by atoms with Gasteiger partial charge in [-0.2, -0.15) is 5.10 Å². The Hall–Kier alpha value is -2.74. The maximum Gasteiger partial charge on any atom is 0.323 e. The monoisotopic (exact) mass is 360 g/mol. The number of hydrogen-bond acceptors (Lipinski definition) is 5. The highest BCUT2D eigenvalue weighted by Gasteiger charge is 2.15. The molecule has 3 rings (SSSR count). The summed E-state index contributed by atoms with van der Waals surface area (Å²) in [5, 5.41) is 9.81. The van der Waals surface area contributed by atoms with E-state index in [4.69, 9.17) is 14.2 Å². The Morgan fingerprint density at radius 3 is 2.58 bits per heavy atom. The summed E-state index contributed by atoms with van der Waals surface area (Å²) in [4.78, 5) is 12.2. The van der Waals surface area contributed by atoms with Gasteiger partial charge in [-0.3, -0.25) is 4.68 Å². The van der Waals surface area contributed by atoms with Crippen molar-refractivity contribution in [3.8, 4) is 11.5 Å². The van der Waals surface area contributed by atoms with Crippen LogP contribution in [-0.4, -0.2) is 42.7 Å². The number of nitrogens with one attached hydrogen (secondary N) is 2. The van der Waals surface area contributed by atoms with Crippen molar-refractivity contribution in [1.82, 2.24) is 9.78 Å². The van der Waals surface area contributed by atoms with E-state index in [0.717, 1.165) is 19.4 Å². The van der Waals surface area contributed by atoms with Crippen LogP contribution in [0.15, 0.2) is 30.6 Å². The van der Waals surface area contributed by atoms with Gasteiger partial charge in [0.2, 0.25) is 0 Å². The first-order valence-electron chi connectivity index (χ1n) is 8.61. The van der Waals surface area contributed by atoms with Gasteiger partial charge in [0.05, 0.1) is 38.8 Å². The van der Waals surface area contributed by atoms with Crippen LogP contribution in [-0.2, 0) is 11.3 Å². The fraction of sp³-hybridized carbons (Fsp3) is 0.444. The van der Waals surface area contributed by atoms with Crippen molar-refractivity contribution in [3.63, 3.8) is 0 Å². The molecular weight excluding hydrogens is 336 g/mol. The Balaban J connectivity index is 1.56. The molecule has 0 spiro atoms. The quantitative estimate of drug-likeness (QED) is 0.827. The number of anilines is 2. The minimum atomic E-state index is -0.367. The van der Waals surface area contributed by atoms with Crippen LogP contribution in [0.1, 0.15) is 19.3 Å². The number of benzene rings is 1. The Morgan fingerprint density at radius 1 is 1.19 bits per heavy atom. The number of hydrogen-bond donors (Lipinski definition) is 2. The predicted octanol–water partition coefficient (Wildman–Crippen LogP) is 3.11. The first-order valence-corrected chi connectivity index (χ1v) is 8.61. The summed E-state index contributed by atoms with van der Waals surface area (Å²) in [7, 11) is 3.12. The molecule has 0 aliphatic carbocycles. The van der Waals surface area contributed by atoms with Gasteiger partial charge < -0.3 is 24.8 Å². The molecule has 1 aromatic heterocycles. The van der Waals surface area contributed by atoms with Crippen LogP contribution in [0.2, 0.25) is 0 Å². The molecule has 2 heterocycles. The molecule has 2 aromatic rings. The molecule has 2 N–H and O–H groups in total. The Labute approximate surface area is 152 Å². The first kappa shape index (κ1) is 18.1. The molecule has 140 valence electrons. The molecule has 0 bridgehead atoms. The van der Waals surface area contributed by atoms with Gasteiger partial charge in [-0.25, -0.2) is 4.79 Å². The molecule has 8 heteroatoms. The fourth-order valence-electron chi connectivity index (χ4n) is 2.86. The highest BCUT2D eigenvalue weighted by Crippen LogP contribution is 2.25. The van der Waals surface area contributed by atoms with Gasteiger partial charge in [0, 0.05) is 36.7 Å².